The summed E-state index contributed by atoms with van der Waals surface area (Å²) in [4.78, 5) is 1.77. The van der Waals surface area contributed by atoms with Crippen molar-refractivity contribution in [3.63, 3.8) is 0 Å². The number of hydrogen-bond acceptors (Lipinski definition) is 3. The van der Waals surface area contributed by atoms with E-state index >= 15 is 0 Å². The molecule has 0 amide bonds. The van der Waals surface area contributed by atoms with Crippen molar-refractivity contribution < 1.29 is 9.50 Å². The second-order valence-corrected chi connectivity index (χ2v) is 5.27. The van der Waals surface area contributed by atoms with E-state index in [1.165, 1.54) is 11.6 Å². The topological polar surface area (TPSA) is 35.5 Å². The Morgan fingerprint density at radius 3 is 2.38 bits per heavy atom. The summed E-state index contributed by atoms with van der Waals surface area (Å²) in [5, 5.41) is 12.6. The summed E-state index contributed by atoms with van der Waals surface area (Å²) in [6, 6.07) is 12.4. The Kier molecular flexibility index (Phi) is 5.17. The lowest BCUT2D eigenvalue weighted by molar-refractivity contribution is 0.475. The van der Waals surface area contributed by atoms with Gasteiger partial charge in [-0.3, -0.25) is 0 Å². The van der Waals surface area contributed by atoms with Gasteiger partial charge in [0.15, 0.2) is 0 Å². The lowest BCUT2D eigenvalue weighted by atomic mass is 10.1. The minimum atomic E-state index is -0.201. The monoisotopic (exact) mass is 288 g/mol. The van der Waals surface area contributed by atoms with Crippen LogP contribution in [0.2, 0.25) is 0 Å². The molecule has 0 atom stereocenters. The van der Waals surface area contributed by atoms with E-state index in [0.29, 0.717) is 12.2 Å². The number of phenols is 1. The molecule has 0 aliphatic heterocycles. The van der Waals surface area contributed by atoms with Gasteiger partial charge in [-0.2, -0.15) is 0 Å². The van der Waals surface area contributed by atoms with Crippen molar-refractivity contribution in [1.82, 2.24) is 5.32 Å². The Morgan fingerprint density at radius 1 is 1.05 bits per heavy atom. The average Bonchev–Trinajstić information content (AvgIpc) is 2.46. The van der Waals surface area contributed by atoms with Gasteiger partial charge in [0, 0.05) is 20.6 Å². The molecule has 0 saturated heterocycles. The standard InChI is InChI=1S/C17H21FN2O/c1-20(2)17-11-14(5-8-16(17)18)12-19-10-9-13-3-6-15(21)7-4-13/h3-8,11,19,21H,9-10,12H2,1-2H3. The van der Waals surface area contributed by atoms with Gasteiger partial charge in [0.25, 0.3) is 0 Å². The maximum Gasteiger partial charge on any atom is 0.146 e. The highest BCUT2D eigenvalue weighted by molar-refractivity contribution is 5.48. The quantitative estimate of drug-likeness (QED) is 0.802. The fourth-order valence-electron chi connectivity index (χ4n) is 2.14. The summed E-state index contributed by atoms with van der Waals surface area (Å²) in [5.74, 6) is 0.0853. The lowest BCUT2D eigenvalue weighted by Gasteiger charge is -2.15. The summed E-state index contributed by atoms with van der Waals surface area (Å²) in [6.45, 7) is 1.54. The first-order chi connectivity index (χ1) is 10.1. The van der Waals surface area contributed by atoms with Crippen molar-refractivity contribution in [3.05, 3.63) is 59.4 Å². The molecule has 4 heteroatoms. The Morgan fingerprint density at radius 2 is 1.71 bits per heavy atom. The third-order valence-electron chi connectivity index (χ3n) is 3.35. The van der Waals surface area contributed by atoms with E-state index in [1.54, 1.807) is 23.1 Å². The van der Waals surface area contributed by atoms with E-state index in [1.807, 2.05) is 32.3 Å². The van der Waals surface area contributed by atoms with Crippen LogP contribution in [0.3, 0.4) is 0 Å². The zero-order valence-electron chi connectivity index (χ0n) is 12.4. The van der Waals surface area contributed by atoms with Crippen LogP contribution in [0.1, 0.15) is 11.1 Å². The highest BCUT2D eigenvalue weighted by Gasteiger charge is 2.05. The molecule has 2 N–H and O–H groups in total. The largest absolute Gasteiger partial charge is 0.508 e. The molecule has 0 bridgehead atoms. The smallest absolute Gasteiger partial charge is 0.146 e. The van der Waals surface area contributed by atoms with Crippen LogP contribution in [0, 0.1) is 5.82 Å². The van der Waals surface area contributed by atoms with Gasteiger partial charge in [0.1, 0.15) is 11.6 Å². The van der Waals surface area contributed by atoms with Crippen molar-refractivity contribution >= 4 is 5.69 Å². The second kappa shape index (κ2) is 7.09. The van der Waals surface area contributed by atoms with Crippen LogP contribution < -0.4 is 10.2 Å². The summed E-state index contributed by atoms with van der Waals surface area (Å²) in [5.41, 5.74) is 2.84. The molecule has 0 aliphatic rings. The molecule has 0 spiro atoms. The number of anilines is 1. The molecule has 0 aromatic heterocycles. The molecule has 21 heavy (non-hydrogen) atoms. The molecule has 2 aromatic carbocycles. The van der Waals surface area contributed by atoms with Crippen molar-refractivity contribution in [2.75, 3.05) is 25.5 Å². The fourth-order valence-corrected chi connectivity index (χ4v) is 2.14. The van der Waals surface area contributed by atoms with E-state index in [-0.39, 0.29) is 11.6 Å². The molecule has 0 radical (unpaired) electrons. The van der Waals surface area contributed by atoms with E-state index in [4.69, 9.17) is 0 Å². The van der Waals surface area contributed by atoms with Gasteiger partial charge in [0.05, 0.1) is 5.69 Å². The van der Waals surface area contributed by atoms with Crippen LogP contribution >= 0.6 is 0 Å². The van der Waals surface area contributed by atoms with Crippen LogP contribution in [0.5, 0.6) is 5.75 Å². The Hall–Kier alpha value is -2.07. The summed E-state index contributed by atoms with van der Waals surface area (Å²) in [6.07, 6.45) is 0.891. The molecule has 3 nitrogen and oxygen atoms in total. The molecule has 112 valence electrons. The van der Waals surface area contributed by atoms with Gasteiger partial charge in [-0.15, -0.1) is 0 Å². The molecular formula is C17H21FN2O. The zero-order chi connectivity index (χ0) is 15.2. The van der Waals surface area contributed by atoms with Gasteiger partial charge >= 0.3 is 0 Å². The number of nitrogens with zero attached hydrogens (tertiary/aromatic N) is 1. The molecular weight excluding hydrogens is 267 g/mol. The number of phenolic OH excluding ortho intramolecular Hbond substituents is 1. The van der Waals surface area contributed by atoms with E-state index in [2.05, 4.69) is 5.32 Å². The zero-order valence-corrected chi connectivity index (χ0v) is 12.4. The minimum Gasteiger partial charge on any atom is -0.508 e. The molecule has 0 saturated carbocycles. The van der Waals surface area contributed by atoms with Gasteiger partial charge in [-0.05, 0) is 48.4 Å². The van der Waals surface area contributed by atoms with E-state index < -0.39 is 0 Å². The Bertz CT molecular complexity index is 582. The molecule has 0 heterocycles. The molecule has 2 rings (SSSR count). The highest BCUT2D eigenvalue weighted by Crippen LogP contribution is 2.18. The van der Waals surface area contributed by atoms with Crippen molar-refractivity contribution in [2.24, 2.45) is 0 Å². The van der Waals surface area contributed by atoms with Crippen LogP contribution in [-0.4, -0.2) is 25.7 Å². The lowest BCUT2D eigenvalue weighted by Crippen LogP contribution is -2.17. The van der Waals surface area contributed by atoms with Crippen LogP contribution in [0.25, 0.3) is 0 Å². The molecule has 0 unspecified atom stereocenters. The molecule has 0 fully saturated rings. The van der Waals surface area contributed by atoms with Crippen LogP contribution in [-0.2, 0) is 13.0 Å². The second-order valence-electron chi connectivity index (χ2n) is 5.27. The van der Waals surface area contributed by atoms with Gasteiger partial charge < -0.3 is 15.3 Å². The minimum absolute atomic E-state index is 0.201. The van der Waals surface area contributed by atoms with Gasteiger partial charge in [0.2, 0.25) is 0 Å². The van der Waals surface area contributed by atoms with Crippen LogP contribution in [0.4, 0.5) is 10.1 Å². The fraction of sp³-hybridized carbons (Fsp3) is 0.294. The number of hydrogen-bond donors (Lipinski definition) is 2. The first kappa shape index (κ1) is 15.3. The average molecular weight is 288 g/mol. The Balaban J connectivity index is 1.83. The Labute approximate surface area is 125 Å². The first-order valence-corrected chi connectivity index (χ1v) is 7.00. The number of halogens is 1. The number of aromatic hydroxyl groups is 1. The van der Waals surface area contributed by atoms with Crippen molar-refractivity contribution in [3.8, 4) is 5.75 Å². The predicted octanol–water partition coefficient (Wildman–Crippen LogP) is 2.93. The summed E-state index contributed by atoms with van der Waals surface area (Å²) < 4.78 is 13.6. The third kappa shape index (κ3) is 4.46. The van der Waals surface area contributed by atoms with Gasteiger partial charge in [-0.25, -0.2) is 4.39 Å². The predicted molar refractivity (Wildman–Crippen MR) is 84.2 cm³/mol. The normalized spacial score (nSPS) is 10.6. The third-order valence-corrected chi connectivity index (χ3v) is 3.35. The van der Waals surface area contributed by atoms with Gasteiger partial charge in [-0.1, -0.05) is 18.2 Å². The number of nitrogens with one attached hydrogen (secondary N) is 1. The summed E-state index contributed by atoms with van der Waals surface area (Å²) in [7, 11) is 3.67. The highest BCUT2D eigenvalue weighted by atomic mass is 19.1. The van der Waals surface area contributed by atoms with E-state index in [0.717, 1.165) is 18.5 Å². The molecule has 2 aromatic rings. The molecule has 0 aliphatic carbocycles. The number of benzene rings is 2. The van der Waals surface area contributed by atoms with E-state index in [9.17, 15) is 9.50 Å². The van der Waals surface area contributed by atoms with Crippen LogP contribution in [0.15, 0.2) is 42.5 Å². The van der Waals surface area contributed by atoms with Crippen molar-refractivity contribution in [1.29, 1.82) is 0 Å². The maximum absolute atomic E-state index is 13.6. The first-order valence-electron chi connectivity index (χ1n) is 7.00. The summed E-state index contributed by atoms with van der Waals surface area (Å²) >= 11 is 0. The maximum atomic E-state index is 13.6. The van der Waals surface area contributed by atoms with Crippen molar-refractivity contribution in [2.45, 2.75) is 13.0 Å². The number of rotatable bonds is 6. The SMILES string of the molecule is CN(C)c1cc(CNCCc2ccc(O)cc2)ccc1F.